The van der Waals surface area contributed by atoms with Gasteiger partial charge < -0.3 is 0 Å². The highest BCUT2D eigenvalue weighted by molar-refractivity contribution is 5.27. The van der Waals surface area contributed by atoms with Crippen LogP contribution in [0.5, 0.6) is 0 Å². The lowest BCUT2D eigenvalue weighted by Gasteiger charge is -2.25. The third-order valence-corrected chi connectivity index (χ3v) is 3.57. The molecule has 20 heavy (non-hydrogen) atoms. The number of pyridine rings is 1. The molecule has 2 aromatic heterocycles. The van der Waals surface area contributed by atoms with E-state index in [9.17, 15) is 0 Å². The number of hydrogen-bond donors (Lipinski definition) is 0. The van der Waals surface area contributed by atoms with E-state index in [4.69, 9.17) is 0 Å². The zero-order chi connectivity index (χ0) is 14.8. The summed E-state index contributed by atoms with van der Waals surface area (Å²) in [5, 5.41) is 8.23. The second kappa shape index (κ2) is 5.31. The van der Waals surface area contributed by atoms with Crippen LogP contribution in [0, 0.1) is 0 Å². The molecule has 3 heteroatoms. The molecule has 0 unspecified atom stereocenters. The first-order valence-electron chi connectivity index (χ1n) is 7.02. The second-order valence-corrected chi connectivity index (χ2v) is 7.00. The molecule has 0 radical (unpaired) electrons. The number of nitrogens with zero attached hydrogens (tertiary/aromatic N) is 3. The van der Waals surface area contributed by atoms with Crippen molar-refractivity contribution in [3.63, 3.8) is 0 Å². The fourth-order valence-electron chi connectivity index (χ4n) is 2.26. The van der Waals surface area contributed by atoms with Crippen molar-refractivity contribution in [3.05, 3.63) is 53.6 Å². The average Bonchev–Trinajstić information content (AvgIpc) is 2.38. The lowest BCUT2D eigenvalue weighted by molar-refractivity contribution is 0.495. The zero-order valence-electron chi connectivity index (χ0n) is 13.0. The van der Waals surface area contributed by atoms with Crippen LogP contribution >= 0.6 is 0 Å². The van der Waals surface area contributed by atoms with Gasteiger partial charge in [0.1, 0.15) is 0 Å². The van der Waals surface area contributed by atoms with Crippen LogP contribution in [0.4, 0.5) is 0 Å². The molecule has 0 aliphatic heterocycles. The molecule has 0 N–H and O–H groups in total. The molecule has 2 rings (SSSR count). The van der Waals surface area contributed by atoms with Crippen LogP contribution in [-0.2, 0) is 17.3 Å². The highest BCUT2D eigenvalue weighted by Crippen LogP contribution is 2.28. The minimum atomic E-state index is -0.0492. The molecule has 0 atom stereocenters. The molecule has 106 valence electrons. The summed E-state index contributed by atoms with van der Waals surface area (Å²) in [6.07, 6.45) is 6.52. The maximum absolute atomic E-state index is 4.39. The third kappa shape index (κ3) is 3.41. The highest BCUT2D eigenvalue weighted by atomic mass is 15.1. The maximum Gasteiger partial charge on any atom is 0.0690 e. The van der Waals surface area contributed by atoms with Gasteiger partial charge in [-0.15, -0.1) is 0 Å². The Balaban J connectivity index is 2.26. The zero-order valence-corrected chi connectivity index (χ0v) is 13.0. The first-order chi connectivity index (χ1) is 9.29. The van der Waals surface area contributed by atoms with E-state index in [1.54, 1.807) is 6.20 Å². The Kier molecular flexibility index (Phi) is 3.89. The van der Waals surface area contributed by atoms with Crippen LogP contribution in [0.2, 0.25) is 0 Å². The Labute approximate surface area is 121 Å². The number of aromatic nitrogens is 3. The summed E-state index contributed by atoms with van der Waals surface area (Å²) in [7, 11) is 0. The minimum Gasteiger partial charge on any atom is -0.264 e. The smallest absolute Gasteiger partial charge is 0.0690 e. The Bertz CT molecular complexity index is 568. The molecule has 0 aliphatic carbocycles. The van der Waals surface area contributed by atoms with E-state index in [2.05, 4.69) is 55.9 Å². The molecular weight excluding hydrogens is 246 g/mol. The van der Waals surface area contributed by atoms with Gasteiger partial charge in [0.2, 0.25) is 0 Å². The first kappa shape index (κ1) is 14.6. The molecule has 2 heterocycles. The average molecular weight is 269 g/mol. The summed E-state index contributed by atoms with van der Waals surface area (Å²) in [5.74, 6) is 0. The first-order valence-corrected chi connectivity index (χ1v) is 7.02. The van der Waals surface area contributed by atoms with Crippen molar-refractivity contribution in [1.82, 2.24) is 15.2 Å². The third-order valence-electron chi connectivity index (χ3n) is 3.57. The van der Waals surface area contributed by atoms with Crippen molar-refractivity contribution in [2.24, 2.45) is 0 Å². The molecule has 0 fully saturated rings. The molecule has 0 amide bonds. The molecule has 0 aromatic carbocycles. The molecule has 0 spiro atoms. The van der Waals surface area contributed by atoms with Crippen molar-refractivity contribution >= 4 is 0 Å². The quantitative estimate of drug-likeness (QED) is 0.853. The topological polar surface area (TPSA) is 38.7 Å². The van der Waals surface area contributed by atoms with E-state index in [1.807, 2.05) is 24.5 Å². The molecule has 0 bridgehead atoms. The summed E-state index contributed by atoms with van der Waals surface area (Å²) < 4.78 is 0. The van der Waals surface area contributed by atoms with Crippen molar-refractivity contribution in [1.29, 1.82) is 0 Å². The molecule has 0 saturated carbocycles. The molecular formula is C17H23N3. The van der Waals surface area contributed by atoms with Crippen molar-refractivity contribution in [2.45, 2.75) is 51.9 Å². The summed E-state index contributed by atoms with van der Waals surface area (Å²) in [5.41, 5.74) is 3.60. The van der Waals surface area contributed by atoms with Gasteiger partial charge in [-0.1, -0.05) is 40.7 Å². The molecule has 3 nitrogen and oxygen atoms in total. The van der Waals surface area contributed by atoms with Crippen LogP contribution in [-0.4, -0.2) is 15.2 Å². The van der Waals surface area contributed by atoms with Gasteiger partial charge in [-0.2, -0.15) is 10.2 Å². The van der Waals surface area contributed by atoms with Gasteiger partial charge in [-0.05, 0) is 35.1 Å². The van der Waals surface area contributed by atoms with Crippen molar-refractivity contribution in [3.8, 4) is 0 Å². The summed E-state index contributed by atoms with van der Waals surface area (Å²) >= 11 is 0. The highest BCUT2D eigenvalue weighted by Gasteiger charge is 2.24. The monoisotopic (exact) mass is 269 g/mol. The Morgan fingerprint density at radius 2 is 1.80 bits per heavy atom. The van der Waals surface area contributed by atoms with Gasteiger partial charge in [0.25, 0.3) is 0 Å². The normalized spacial score (nSPS) is 12.4. The van der Waals surface area contributed by atoms with E-state index in [-0.39, 0.29) is 10.8 Å². The van der Waals surface area contributed by atoms with Gasteiger partial charge >= 0.3 is 0 Å². The lowest BCUT2D eigenvalue weighted by Crippen LogP contribution is -2.23. The SMILES string of the molecule is CC(C)(C)c1cncc(CC(C)(C)c2cccnn2)c1. The van der Waals surface area contributed by atoms with Gasteiger partial charge in [0.15, 0.2) is 0 Å². The molecule has 2 aromatic rings. The fourth-order valence-corrected chi connectivity index (χ4v) is 2.26. The van der Waals surface area contributed by atoms with E-state index < -0.39 is 0 Å². The van der Waals surface area contributed by atoms with Gasteiger partial charge in [-0.3, -0.25) is 4.98 Å². The number of rotatable bonds is 3. The maximum atomic E-state index is 4.39. The van der Waals surface area contributed by atoms with Gasteiger partial charge in [-0.25, -0.2) is 0 Å². The van der Waals surface area contributed by atoms with E-state index in [1.165, 1.54) is 11.1 Å². The Morgan fingerprint density at radius 1 is 1.05 bits per heavy atom. The Morgan fingerprint density at radius 3 is 2.40 bits per heavy atom. The predicted molar refractivity (Wildman–Crippen MR) is 81.7 cm³/mol. The summed E-state index contributed by atoms with van der Waals surface area (Å²) in [4.78, 5) is 4.39. The van der Waals surface area contributed by atoms with Crippen LogP contribution in [0.1, 0.15) is 51.4 Å². The van der Waals surface area contributed by atoms with E-state index in [0.717, 1.165) is 12.1 Å². The lowest BCUT2D eigenvalue weighted by atomic mass is 9.81. The summed E-state index contributed by atoms with van der Waals surface area (Å²) in [6, 6.07) is 6.23. The standard InChI is InChI=1S/C17H23N3/c1-16(2,3)14-9-13(11-18-12-14)10-17(4,5)15-7-6-8-19-20-15/h6-9,11-12H,10H2,1-5H3. The molecule has 0 aliphatic rings. The van der Waals surface area contributed by atoms with Gasteiger partial charge in [0, 0.05) is 24.0 Å². The van der Waals surface area contributed by atoms with Crippen LogP contribution in [0.25, 0.3) is 0 Å². The van der Waals surface area contributed by atoms with Crippen LogP contribution in [0.15, 0.2) is 36.8 Å². The van der Waals surface area contributed by atoms with E-state index in [0.29, 0.717) is 0 Å². The van der Waals surface area contributed by atoms with Crippen molar-refractivity contribution < 1.29 is 0 Å². The molecule has 0 saturated heterocycles. The fraction of sp³-hybridized carbons (Fsp3) is 0.471. The van der Waals surface area contributed by atoms with Crippen molar-refractivity contribution in [2.75, 3.05) is 0 Å². The summed E-state index contributed by atoms with van der Waals surface area (Å²) in [6.45, 7) is 11.0. The van der Waals surface area contributed by atoms with E-state index >= 15 is 0 Å². The number of hydrogen-bond acceptors (Lipinski definition) is 3. The largest absolute Gasteiger partial charge is 0.264 e. The van der Waals surface area contributed by atoms with Crippen LogP contribution < -0.4 is 0 Å². The van der Waals surface area contributed by atoms with Gasteiger partial charge in [0.05, 0.1) is 5.69 Å². The second-order valence-electron chi connectivity index (χ2n) is 7.00. The minimum absolute atomic E-state index is 0.0492. The predicted octanol–water partition coefficient (Wildman–Crippen LogP) is 3.69. The Hall–Kier alpha value is -1.77. The van der Waals surface area contributed by atoms with Crippen LogP contribution in [0.3, 0.4) is 0 Å².